The SMILES string of the molecule is CCCCCCCCCCCCCCCC[N+]1(CCCS(=O)(=O)[O-])CCC(C(F)(F)F)CC1. The van der Waals surface area contributed by atoms with Crippen LogP contribution in [-0.4, -0.2) is 55.6 Å². The fourth-order valence-electron chi connectivity index (χ4n) is 5.22. The maximum atomic E-state index is 13.1. The summed E-state index contributed by atoms with van der Waals surface area (Å²) in [5, 5.41) is 0. The molecule has 198 valence electrons. The van der Waals surface area contributed by atoms with Crippen molar-refractivity contribution in [2.45, 2.75) is 122 Å². The summed E-state index contributed by atoms with van der Waals surface area (Å²) >= 11 is 0. The van der Waals surface area contributed by atoms with E-state index < -0.39 is 28.0 Å². The van der Waals surface area contributed by atoms with Gasteiger partial charge in [0, 0.05) is 25.0 Å². The molecule has 0 radical (unpaired) electrons. The average Bonchev–Trinajstić information content (AvgIpc) is 2.73. The molecular weight excluding hydrogens is 451 g/mol. The highest BCUT2D eigenvalue weighted by atomic mass is 32.2. The Hall–Kier alpha value is -0.340. The number of nitrogens with zero attached hydrogens (tertiary/aromatic N) is 1. The molecule has 0 N–H and O–H groups in total. The monoisotopic (exact) mass is 499 g/mol. The first kappa shape index (κ1) is 30.7. The molecule has 4 nitrogen and oxygen atoms in total. The number of unbranched alkanes of at least 4 members (excludes halogenated alkanes) is 13. The third-order valence-electron chi connectivity index (χ3n) is 7.38. The molecule has 0 aromatic carbocycles. The molecule has 0 atom stereocenters. The van der Waals surface area contributed by atoms with E-state index in [4.69, 9.17) is 0 Å². The Labute approximate surface area is 201 Å². The zero-order valence-corrected chi connectivity index (χ0v) is 21.7. The maximum absolute atomic E-state index is 13.1. The lowest BCUT2D eigenvalue weighted by atomic mass is 9.93. The van der Waals surface area contributed by atoms with Crippen LogP contribution in [0.25, 0.3) is 0 Å². The number of halogens is 3. The van der Waals surface area contributed by atoms with Crippen molar-refractivity contribution < 1.29 is 30.6 Å². The van der Waals surface area contributed by atoms with Crippen LogP contribution in [0.15, 0.2) is 0 Å². The van der Waals surface area contributed by atoms with Crippen LogP contribution in [-0.2, 0) is 10.1 Å². The third-order valence-corrected chi connectivity index (χ3v) is 8.17. The summed E-state index contributed by atoms with van der Waals surface area (Å²) in [5.41, 5.74) is 0. The number of quaternary nitrogens is 1. The van der Waals surface area contributed by atoms with E-state index in [1.807, 2.05) is 0 Å². The fourth-order valence-corrected chi connectivity index (χ4v) is 5.70. The second-order valence-corrected chi connectivity index (χ2v) is 11.8. The fraction of sp³-hybridized carbons (Fsp3) is 1.00. The quantitative estimate of drug-likeness (QED) is 0.107. The molecule has 1 heterocycles. The Morgan fingerprint density at radius 3 is 1.52 bits per heavy atom. The molecule has 1 saturated heterocycles. The van der Waals surface area contributed by atoms with Crippen molar-refractivity contribution in [3.8, 4) is 0 Å². The van der Waals surface area contributed by atoms with E-state index in [1.54, 1.807) is 0 Å². The van der Waals surface area contributed by atoms with Gasteiger partial charge in [0.2, 0.25) is 0 Å². The predicted octanol–water partition coefficient (Wildman–Crippen LogP) is 7.19. The van der Waals surface area contributed by atoms with Crippen LogP contribution in [0.1, 0.15) is 116 Å². The van der Waals surface area contributed by atoms with Gasteiger partial charge in [-0.3, -0.25) is 0 Å². The summed E-state index contributed by atoms with van der Waals surface area (Å²) in [6.07, 6.45) is 14.0. The molecule has 1 rings (SSSR count). The molecule has 8 heteroatoms. The first-order valence-electron chi connectivity index (χ1n) is 13.4. The van der Waals surface area contributed by atoms with Gasteiger partial charge in [-0.1, -0.05) is 84.0 Å². The van der Waals surface area contributed by atoms with E-state index in [-0.39, 0.29) is 19.3 Å². The van der Waals surface area contributed by atoms with E-state index in [0.717, 1.165) is 25.8 Å². The van der Waals surface area contributed by atoms with Crippen LogP contribution in [0.3, 0.4) is 0 Å². The lowest BCUT2D eigenvalue weighted by molar-refractivity contribution is -0.934. The minimum atomic E-state index is -4.28. The molecular formula is C25H48F3NO3S. The number of hydrogen-bond acceptors (Lipinski definition) is 3. The Kier molecular flexibility index (Phi) is 15.2. The Morgan fingerprint density at radius 1 is 0.727 bits per heavy atom. The number of likely N-dealkylation sites (tertiary alicyclic amines) is 1. The molecule has 0 spiro atoms. The van der Waals surface area contributed by atoms with E-state index in [0.29, 0.717) is 24.1 Å². The van der Waals surface area contributed by atoms with Crippen molar-refractivity contribution in [3.63, 3.8) is 0 Å². The number of alkyl halides is 3. The van der Waals surface area contributed by atoms with Crippen LogP contribution in [0.2, 0.25) is 0 Å². The molecule has 0 bridgehead atoms. The van der Waals surface area contributed by atoms with E-state index in [1.165, 1.54) is 70.6 Å². The smallest absolute Gasteiger partial charge is 0.392 e. The second-order valence-electron chi connectivity index (χ2n) is 10.3. The van der Waals surface area contributed by atoms with Gasteiger partial charge < -0.3 is 9.04 Å². The molecule has 1 aliphatic rings. The third kappa shape index (κ3) is 15.3. The highest BCUT2D eigenvalue weighted by Crippen LogP contribution is 2.36. The van der Waals surface area contributed by atoms with Crippen LogP contribution in [0.5, 0.6) is 0 Å². The van der Waals surface area contributed by atoms with Gasteiger partial charge in [0.05, 0.1) is 42.2 Å². The van der Waals surface area contributed by atoms with Crippen molar-refractivity contribution in [2.75, 3.05) is 31.9 Å². The van der Waals surface area contributed by atoms with Gasteiger partial charge in [-0.25, -0.2) is 8.42 Å². The summed E-state index contributed by atoms with van der Waals surface area (Å²) in [6, 6.07) is 0. The van der Waals surface area contributed by atoms with Gasteiger partial charge in [-0.05, 0) is 12.8 Å². The van der Waals surface area contributed by atoms with Gasteiger partial charge in [0.25, 0.3) is 0 Å². The first-order valence-corrected chi connectivity index (χ1v) is 15.0. The van der Waals surface area contributed by atoms with Crippen LogP contribution in [0, 0.1) is 5.92 Å². The van der Waals surface area contributed by atoms with Crippen LogP contribution in [0.4, 0.5) is 13.2 Å². The average molecular weight is 500 g/mol. The minimum absolute atomic E-state index is 0.103. The molecule has 33 heavy (non-hydrogen) atoms. The van der Waals surface area contributed by atoms with Gasteiger partial charge in [-0.2, -0.15) is 13.2 Å². The van der Waals surface area contributed by atoms with Crippen molar-refractivity contribution >= 4 is 10.1 Å². The van der Waals surface area contributed by atoms with Crippen molar-refractivity contribution in [2.24, 2.45) is 5.92 Å². The predicted molar refractivity (Wildman–Crippen MR) is 128 cm³/mol. The van der Waals surface area contributed by atoms with Crippen molar-refractivity contribution in [1.82, 2.24) is 0 Å². The molecule has 0 saturated carbocycles. The van der Waals surface area contributed by atoms with Gasteiger partial charge in [0.1, 0.15) is 0 Å². The van der Waals surface area contributed by atoms with E-state index in [2.05, 4.69) is 6.92 Å². The zero-order chi connectivity index (χ0) is 24.6. The normalized spacial score (nSPS) is 22.0. The lowest BCUT2D eigenvalue weighted by Crippen LogP contribution is -2.55. The van der Waals surface area contributed by atoms with Gasteiger partial charge >= 0.3 is 6.18 Å². The van der Waals surface area contributed by atoms with E-state index >= 15 is 0 Å². The van der Waals surface area contributed by atoms with Crippen LogP contribution >= 0.6 is 0 Å². The molecule has 0 unspecified atom stereocenters. The van der Waals surface area contributed by atoms with Gasteiger partial charge in [-0.15, -0.1) is 0 Å². The summed E-state index contributed by atoms with van der Waals surface area (Å²) in [4.78, 5) is 0. The molecule has 0 amide bonds. The maximum Gasteiger partial charge on any atom is 0.392 e. The summed E-state index contributed by atoms with van der Waals surface area (Å²) in [5.74, 6) is -1.67. The first-order chi connectivity index (χ1) is 15.6. The Bertz CT molecular complexity index is 588. The number of rotatable bonds is 19. The highest BCUT2D eigenvalue weighted by molar-refractivity contribution is 7.85. The molecule has 1 fully saturated rings. The summed E-state index contributed by atoms with van der Waals surface area (Å²) in [7, 11) is -4.28. The van der Waals surface area contributed by atoms with E-state index in [9.17, 15) is 26.1 Å². The standard InChI is InChI=1S/C25H48F3NO3S/c1-2-3-4-5-6-7-8-9-10-11-12-13-14-15-19-29(20-16-23-33(30,31)32)21-17-24(18-22-29)25(26,27)28/h24H,2-23H2,1H3. The Morgan fingerprint density at radius 2 is 1.12 bits per heavy atom. The minimum Gasteiger partial charge on any atom is -0.748 e. The summed E-state index contributed by atoms with van der Waals surface area (Å²) in [6.45, 7) is 4.39. The van der Waals surface area contributed by atoms with Crippen molar-refractivity contribution in [1.29, 1.82) is 0 Å². The summed E-state index contributed by atoms with van der Waals surface area (Å²) < 4.78 is 72.6. The number of piperidine rings is 1. The molecule has 0 aromatic rings. The van der Waals surface area contributed by atoms with Gasteiger partial charge in [0.15, 0.2) is 0 Å². The lowest BCUT2D eigenvalue weighted by Gasteiger charge is -2.44. The molecule has 1 aliphatic heterocycles. The van der Waals surface area contributed by atoms with Crippen LogP contribution < -0.4 is 0 Å². The second kappa shape index (κ2) is 16.4. The molecule has 0 aromatic heterocycles. The largest absolute Gasteiger partial charge is 0.748 e. The Balaban J connectivity index is 2.20. The number of hydrogen-bond donors (Lipinski definition) is 0. The van der Waals surface area contributed by atoms with Crippen molar-refractivity contribution in [3.05, 3.63) is 0 Å². The molecule has 0 aliphatic carbocycles. The zero-order valence-electron chi connectivity index (χ0n) is 20.8. The topological polar surface area (TPSA) is 57.2 Å². The highest BCUT2D eigenvalue weighted by Gasteiger charge is 2.45.